The number of carboxylic acid groups (broad SMARTS) is 1. The number of aromatic carboxylic acids is 1. The molecule has 0 amide bonds. The Morgan fingerprint density at radius 3 is 2.44 bits per heavy atom. The number of carboxylic acids is 1. The van der Waals surface area contributed by atoms with Gasteiger partial charge in [-0.2, -0.15) is 0 Å². The minimum absolute atomic E-state index is 0.207. The molecule has 7 nitrogen and oxygen atoms in total. The summed E-state index contributed by atoms with van der Waals surface area (Å²) in [7, 11) is 1.92. The number of aromatic nitrogens is 1. The molecule has 3 rings (SSSR count). The summed E-state index contributed by atoms with van der Waals surface area (Å²) in [5, 5.41) is 18.4. The topological polar surface area (TPSA) is 86.0 Å². The molecule has 0 spiro atoms. The highest BCUT2D eigenvalue weighted by molar-refractivity contribution is 5.94. The van der Waals surface area contributed by atoms with E-state index in [1.54, 1.807) is 11.8 Å². The summed E-state index contributed by atoms with van der Waals surface area (Å²) in [5.74, 6) is -3.33. The second-order valence-electron chi connectivity index (χ2n) is 6.82. The Hall–Kier alpha value is -2.52. The normalized spacial score (nSPS) is 16.7. The monoisotopic (exact) mass is 381 g/mol. The average Bonchev–Trinajstić information content (AvgIpc) is 2.63. The number of halogens is 2. The van der Waals surface area contributed by atoms with Crippen LogP contribution in [0.1, 0.15) is 23.3 Å². The molecule has 0 unspecified atom stereocenters. The van der Waals surface area contributed by atoms with E-state index in [1.165, 1.54) is 4.57 Å². The minimum atomic E-state index is -1.50. The van der Waals surface area contributed by atoms with Crippen molar-refractivity contribution in [2.75, 3.05) is 44.7 Å². The highest BCUT2D eigenvalue weighted by Gasteiger charge is 2.27. The van der Waals surface area contributed by atoms with E-state index in [2.05, 4.69) is 0 Å². The predicted octanol–water partition coefficient (Wildman–Crippen LogP) is 1.28. The molecule has 1 atom stereocenters. The fourth-order valence-electron chi connectivity index (χ4n) is 3.34. The van der Waals surface area contributed by atoms with Crippen molar-refractivity contribution in [3.8, 4) is 0 Å². The first-order chi connectivity index (χ1) is 12.8. The maximum atomic E-state index is 15.4. The number of carbonyl (C=O) groups is 1. The molecule has 2 N–H and O–H groups in total. The van der Waals surface area contributed by atoms with Crippen LogP contribution in [0.15, 0.2) is 17.1 Å². The fourth-order valence-corrected chi connectivity index (χ4v) is 3.34. The summed E-state index contributed by atoms with van der Waals surface area (Å²) < 4.78 is 31.3. The third-order valence-electron chi connectivity index (χ3n) is 4.97. The number of pyridine rings is 1. The van der Waals surface area contributed by atoms with Gasteiger partial charge in [-0.05, 0) is 20.0 Å². The van der Waals surface area contributed by atoms with Gasteiger partial charge in [-0.15, -0.1) is 0 Å². The van der Waals surface area contributed by atoms with Crippen LogP contribution in [0.25, 0.3) is 10.9 Å². The Morgan fingerprint density at radius 1 is 1.26 bits per heavy atom. The molecular weight excluding hydrogens is 360 g/mol. The fraction of sp³-hybridized carbons (Fsp3) is 0.444. The molecule has 0 radical (unpaired) electrons. The van der Waals surface area contributed by atoms with Gasteiger partial charge in [0.1, 0.15) is 17.1 Å². The quantitative estimate of drug-likeness (QED) is 0.830. The lowest BCUT2D eigenvalue weighted by Gasteiger charge is -2.34. The summed E-state index contributed by atoms with van der Waals surface area (Å²) in [6.07, 6.45) is 1.00. The van der Waals surface area contributed by atoms with Gasteiger partial charge in [0, 0.05) is 32.4 Å². The zero-order chi connectivity index (χ0) is 19.9. The number of hydrogen-bond acceptors (Lipinski definition) is 5. The van der Waals surface area contributed by atoms with Crippen molar-refractivity contribution in [1.82, 2.24) is 9.47 Å². The maximum Gasteiger partial charge on any atom is 0.341 e. The van der Waals surface area contributed by atoms with Gasteiger partial charge in [-0.3, -0.25) is 4.79 Å². The van der Waals surface area contributed by atoms with Gasteiger partial charge in [0.15, 0.2) is 5.82 Å². The van der Waals surface area contributed by atoms with E-state index < -0.39 is 41.2 Å². The first-order valence-electron chi connectivity index (χ1n) is 8.60. The number of hydrogen-bond donors (Lipinski definition) is 2. The lowest BCUT2D eigenvalue weighted by Crippen LogP contribution is -2.45. The number of aliphatic hydroxyl groups excluding tert-OH is 1. The largest absolute Gasteiger partial charge is 0.477 e. The van der Waals surface area contributed by atoms with Gasteiger partial charge >= 0.3 is 5.97 Å². The Morgan fingerprint density at radius 2 is 1.89 bits per heavy atom. The van der Waals surface area contributed by atoms with E-state index in [4.69, 9.17) is 0 Å². The maximum absolute atomic E-state index is 15.4. The molecule has 2 heterocycles. The molecule has 0 aliphatic carbocycles. The number of anilines is 1. The molecule has 146 valence electrons. The number of nitrogens with zero attached hydrogens (tertiary/aromatic N) is 3. The smallest absolute Gasteiger partial charge is 0.341 e. The third kappa shape index (κ3) is 3.28. The van der Waals surface area contributed by atoms with Crippen LogP contribution in [0.4, 0.5) is 14.5 Å². The second kappa shape index (κ2) is 7.24. The first-order valence-corrected chi connectivity index (χ1v) is 8.60. The zero-order valence-electron chi connectivity index (χ0n) is 15.1. The Kier molecular flexibility index (Phi) is 5.16. The van der Waals surface area contributed by atoms with Crippen LogP contribution in [0, 0.1) is 11.6 Å². The van der Waals surface area contributed by atoms with Crippen molar-refractivity contribution in [2.45, 2.75) is 13.0 Å². The highest BCUT2D eigenvalue weighted by Crippen LogP contribution is 2.31. The number of likely N-dealkylation sites (N-methyl/N-ethyl adjacent to an activating group) is 1. The number of benzene rings is 1. The third-order valence-corrected chi connectivity index (χ3v) is 4.97. The van der Waals surface area contributed by atoms with E-state index >= 15 is 4.39 Å². The Balaban J connectivity index is 2.32. The first kappa shape index (κ1) is 19.2. The van der Waals surface area contributed by atoms with Gasteiger partial charge in [0.25, 0.3) is 0 Å². The van der Waals surface area contributed by atoms with E-state index in [0.717, 1.165) is 12.3 Å². The number of aliphatic hydroxyl groups is 1. The van der Waals surface area contributed by atoms with Crippen molar-refractivity contribution in [1.29, 1.82) is 0 Å². The van der Waals surface area contributed by atoms with Crippen LogP contribution < -0.4 is 10.3 Å². The Bertz CT molecular complexity index is 952. The van der Waals surface area contributed by atoms with Gasteiger partial charge < -0.3 is 24.6 Å². The summed E-state index contributed by atoms with van der Waals surface area (Å²) in [4.78, 5) is 27.4. The van der Waals surface area contributed by atoms with Crippen LogP contribution in [-0.4, -0.2) is 65.5 Å². The molecule has 27 heavy (non-hydrogen) atoms. The number of piperazine rings is 1. The zero-order valence-corrected chi connectivity index (χ0v) is 15.1. The van der Waals surface area contributed by atoms with E-state index in [0.29, 0.717) is 26.2 Å². The van der Waals surface area contributed by atoms with E-state index in [1.807, 2.05) is 11.9 Å². The van der Waals surface area contributed by atoms with Crippen LogP contribution in [0.5, 0.6) is 0 Å². The minimum Gasteiger partial charge on any atom is -0.477 e. The second-order valence-corrected chi connectivity index (χ2v) is 6.82. The lowest BCUT2D eigenvalue weighted by atomic mass is 10.1. The number of rotatable bonds is 4. The number of fused-ring (bicyclic) bond motifs is 1. The van der Waals surface area contributed by atoms with Gasteiger partial charge in [-0.25, -0.2) is 13.6 Å². The van der Waals surface area contributed by atoms with Gasteiger partial charge in [0.05, 0.1) is 23.6 Å². The Labute approximate surface area is 154 Å². The van der Waals surface area contributed by atoms with E-state index in [-0.39, 0.29) is 16.6 Å². The van der Waals surface area contributed by atoms with Crippen LogP contribution in [0.2, 0.25) is 0 Å². The molecule has 2 aromatic rings. The highest BCUT2D eigenvalue weighted by atomic mass is 19.1. The predicted molar refractivity (Wildman–Crippen MR) is 96.6 cm³/mol. The molecule has 1 aromatic heterocycles. The molecule has 0 saturated carbocycles. The lowest BCUT2D eigenvalue weighted by molar-refractivity contribution is 0.0694. The molecular formula is C18H21F2N3O4. The van der Waals surface area contributed by atoms with Crippen molar-refractivity contribution < 1.29 is 23.8 Å². The van der Waals surface area contributed by atoms with Crippen molar-refractivity contribution in [2.24, 2.45) is 0 Å². The van der Waals surface area contributed by atoms with Crippen LogP contribution in [-0.2, 0) is 0 Å². The van der Waals surface area contributed by atoms with E-state index in [9.17, 15) is 24.2 Å². The van der Waals surface area contributed by atoms with Crippen LogP contribution >= 0.6 is 0 Å². The molecule has 1 aliphatic heterocycles. The van der Waals surface area contributed by atoms with Gasteiger partial charge in [0.2, 0.25) is 5.43 Å². The average molecular weight is 381 g/mol. The van der Waals surface area contributed by atoms with Crippen molar-refractivity contribution in [3.05, 3.63) is 39.7 Å². The van der Waals surface area contributed by atoms with Crippen molar-refractivity contribution in [3.63, 3.8) is 0 Å². The summed E-state index contributed by atoms with van der Waals surface area (Å²) in [5.41, 5.74) is -2.01. The molecule has 1 saturated heterocycles. The summed E-state index contributed by atoms with van der Waals surface area (Å²) in [6.45, 7) is 3.25. The summed E-state index contributed by atoms with van der Waals surface area (Å²) in [6, 6.07) is 0.188. The molecule has 9 heteroatoms. The molecule has 1 aromatic carbocycles. The summed E-state index contributed by atoms with van der Waals surface area (Å²) >= 11 is 0. The standard InChI is InChI=1S/C18H21F2N3O4/c1-10(9-24)23-8-12(18(26)27)17(25)11-7-13(19)16(14(20)15(11)23)22-5-3-21(2)4-6-22/h7-8,10,24H,3-6,9H2,1-2H3,(H,26,27)/t10-/m0/s1. The molecule has 0 bridgehead atoms. The molecule has 1 aliphatic rings. The van der Waals surface area contributed by atoms with Gasteiger partial charge in [-0.1, -0.05) is 0 Å². The molecule has 1 fully saturated rings. The van der Waals surface area contributed by atoms with Crippen molar-refractivity contribution >= 4 is 22.6 Å². The van der Waals surface area contributed by atoms with Crippen LogP contribution in [0.3, 0.4) is 0 Å². The SMILES string of the molecule is C[C@@H](CO)n1cc(C(=O)O)c(=O)c2cc(F)c(N3CCN(C)CC3)c(F)c21.